The Hall–Kier alpha value is -2.38. The summed E-state index contributed by atoms with van der Waals surface area (Å²) < 4.78 is 0. The van der Waals surface area contributed by atoms with Gasteiger partial charge in [-0.1, -0.05) is 0 Å². The van der Waals surface area contributed by atoms with Gasteiger partial charge in [0.05, 0.1) is 19.1 Å². The lowest BCUT2D eigenvalue weighted by molar-refractivity contribution is -0.145. The van der Waals surface area contributed by atoms with E-state index in [0.29, 0.717) is 5.75 Å². The molecule has 0 fully saturated rings. The van der Waals surface area contributed by atoms with Crippen molar-refractivity contribution in [2.24, 2.45) is 5.73 Å². The Morgan fingerprint density at radius 3 is 2.00 bits per heavy atom. The number of hydrogen-bond acceptors (Lipinski definition) is 8. The van der Waals surface area contributed by atoms with E-state index in [-0.39, 0.29) is 6.42 Å². The van der Waals surface area contributed by atoms with E-state index < -0.39 is 66.9 Å². The molecule has 0 saturated carbocycles. The normalized spacial score (nSPS) is 14.9. The van der Waals surface area contributed by atoms with E-state index in [1.807, 2.05) is 0 Å². The van der Waals surface area contributed by atoms with Crippen LogP contribution in [0.2, 0.25) is 0 Å². The van der Waals surface area contributed by atoms with Gasteiger partial charge in [-0.05, 0) is 25.4 Å². The fourth-order valence-electron chi connectivity index (χ4n) is 2.06. The van der Waals surface area contributed by atoms with Gasteiger partial charge in [0.25, 0.3) is 0 Å². The van der Waals surface area contributed by atoms with Gasteiger partial charge in [0.1, 0.15) is 12.1 Å². The molecule has 0 aliphatic heterocycles. The second-order valence-electron chi connectivity index (χ2n) is 5.83. The lowest BCUT2D eigenvalue weighted by Crippen LogP contribution is -2.58. The molecule has 12 nitrogen and oxygen atoms in total. The highest BCUT2D eigenvalue weighted by molar-refractivity contribution is 7.98. The molecular formula is C15H26N4O8S. The summed E-state index contributed by atoms with van der Waals surface area (Å²) in [7, 11) is 0. The van der Waals surface area contributed by atoms with Gasteiger partial charge in [0.15, 0.2) is 6.04 Å². The third kappa shape index (κ3) is 9.53. The van der Waals surface area contributed by atoms with Gasteiger partial charge >= 0.3 is 11.9 Å². The van der Waals surface area contributed by atoms with Crippen molar-refractivity contribution >= 4 is 41.4 Å². The molecule has 0 heterocycles. The van der Waals surface area contributed by atoms with E-state index in [1.165, 1.54) is 18.7 Å². The molecule has 0 spiro atoms. The summed E-state index contributed by atoms with van der Waals surface area (Å²) in [6, 6.07) is -4.26. The molecule has 0 aliphatic carbocycles. The molecule has 0 radical (unpaired) electrons. The summed E-state index contributed by atoms with van der Waals surface area (Å²) >= 11 is 1.36. The maximum Gasteiger partial charge on any atom is 0.328 e. The zero-order valence-electron chi connectivity index (χ0n) is 15.5. The standard InChI is InChI=1S/C15H26N4O8S/c1-7(20)12(15(26)27)19-13(24)8(3-4-28-2)18-14(25)9(5-11(22)23)17-10(21)6-16/h7-9,12,20H,3-6,16H2,1-2H3,(H,17,21)(H,18,25)(H,19,24)(H,22,23)(H,26,27). The number of aliphatic carboxylic acids is 2. The number of thioether (sulfide) groups is 1. The van der Waals surface area contributed by atoms with Crippen molar-refractivity contribution in [1.29, 1.82) is 0 Å². The van der Waals surface area contributed by atoms with E-state index in [0.717, 1.165) is 0 Å². The van der Waals surface area contributed by atoms with Crippen molar-refractivity contribution in [2.75, 3.05) is 18.6 Å². The predicted octanol–water partition coefficient (Wildman–Crippen LogP) is -2.91. The molecule has 0 aromatic rings. The van der Waals surface area contributed by atoms with E-state index in [9.17, 15) is 29.1 Å². The molecule has 0 aromatic carbocycles. The number of carboxylic acids is 2. The molecule has 28 heavy (non-hydrogen) atoms. The molecule has 4 atom stereocenters. The Labute approximate surface area is 165 Å². The lowest BCUT2D eigenvalue weighted by Gasteiger charge is -2.24. The maximum absolute atomic E-state index is 12.4. The first-order valence-corrected chi connectivity index (χ1v) is 9.64. The first-order chi connectivity index (χ1) is 13.0. The van der Waals surface area contributed by atoms with Crippen molar-refractivity contribution in [3.05, 3.63) is 0 Å². The predicted molar refractivity (Wildman–Crippen MR) is 99.4 cm³/mol. The van der Waals surface area contributed by atoms with E-state index in [4.69, 9.17) is 15.9 Å². The molecule has 0 bridgehead atoms. The summed E-state index contributed by atoms with van der Waals surface area (Å²) in [6.45, 7) is 0.717. The maximum atomic E-state index is 12.4. The molecule has 160 valence electrons. The second-order valence-corrected chi connectivity index (χ2v) is 6.82. The van der Waals surface area contributed by atoms with E-state index in [1.54, 1.807) is 6.26 Å². The van der Waals surface area contributed by atoms with Crippen molar-refractivity contribution in [3.63, 3.8) is 0 Å². The van der Waals surface area contributed by atoms with Gasteiger partial charge in [0.2, 0.25) is 17.7 Å². The highest BCUT2D eigenvalue weighted by atomic mass is 32.2. The summed E-state index contributed by atoms with van der Waals surface area (Å²) in [4.78, 5) is 58.2. The monoisotopic (exact) mass is 422 g/mol. The third-order valence-electron chi connectivity index (χ3n) is 3.51. The first kappa shape index (κ1) is 25.6. The fraction of sp³-hybridized carbons (Fsp3) is 0.667. The number of nitrogens with two attached hydrogens (primary N) is 1. The minimum atomic E-state index is -1.59. The number of aliphatic hydroxyl groups excluding tert-OH is 1. The summed E-state index contributed by atoms with van der Waals surface area (Å²) in [5.41, 5.74) is 5.14. The fourth-order valence-corrected chi connectivity index (χ4v) is 2.53. The Kier molecular flexibility index (Phi) is 11.8. The van der Waals surface area contributed by atoms with Gasteiger partial charge in [-0.15, -0.1) is 0 Å². The number of aliphatic hydroxyl groups is 1. The molecule has 3 amide bonds. The SMILES string of the molecule is CSCCC(NC(=O)C(CC(=O)O)NC(=O)CN)C(=O)NC(C(=O)O)C(C)O. The molecule has 0 rings (SSSR count). The van der Waals surface area contributed by atoms with Crippen LogP contribution in [0.3, 0.4) is 0 Å². The molecular weight excluding hydrogens is 396 g/mol. The number of nitrogens with one attached hydrogen (secondary N) is 3. The molecule has 13 heteroatoms. The Balaban J connectivity index is 5.32. The largest absolute Gasteiger partial charge is 0.481 e. The van der Waals surface area contributed by atoms with Crippen LogP contribution in [0.1, 0.15) is 19.8 Å². The first-order valence-electron chi connectivity index (χ1n) is 8.25. The number of carbonyl (C=O) groups is 5. The van der Waals surface area contributed by atoms with E-state index >= 15 is 0 Å². The van der Waals surface area contributed by atoms with Crippen molar-refractivity contribution in [2.45, 2.75) is 44.0 Å². The van der Waals surface area contributed by atoms with Crippen LogP contribution in [0.25, 0.3) is 0 Å². The lowest BCUT2D eigenvalue weighted by atomic mass is 10.1. The number of amides is 3. The number of rotatable bonds is 13. The van der Waals surface area contributed by atoms with Crippen molar-refractivity contribution in [1.82, 2.24) is 16.0 Å². The van der Waals surface area contributed by atoms with Crippen LogP contribution in [0.15, 0.2) is 0 Å². The third-order valence-corrected chi connectivity index (χ3v) is 4.15. The van der Waals surface area contributed by atoms with E-state index in [2.05, 4.69) is 16.0 Å². The molecule has 8 N–H and O–H groups in total. The Morgan fingerprint density at radius 2 is 1.57 bits per heavy atom. The smallest absolute Gasteiger partial charge is 0.328 e. The van der Waals surface area contributed by atoms with Gasteiger partial charge in [-0.25, -0.2) is 4.79 Å². The molecule has 4 unspecified atom stereocenters. The van der Waals surface area contributed by atoms with Crippen LogP contribution < -0.4 is 21.7 Å². The van der Waals surface area contributed by atoms with Crippen molar-refractivity contribution < 1.29 is 39.3 Å². The highest BCUT2D eigenvalue weighted by Gasteiger charge is 2.31. The minimum absolute atomic E-state index is 0.107. The van der Waals surface area contributed by atoms with Crippen LogP contribution in [-0.4, -0.2) is 87.8 Å². The van der Waals surface area contributed by atoms with Crippen molar-refractivity contribution in [3.8, 4) is 0 Å². The Bertz CT molecular complexity index is 586. The highest BCUT2D eigenvalue weighted by Crippen LogP contribution is 2.04. The van der Waals surface area contributed by atoms with Crippen LogP contribution in [0.4, 0.5) is 0 Å². The van der Waals surface area contributed by atoms with Gasteiger partial charge in [0, 0.05) is 0 Å². The van der Waals surface area contributed by atoms with Gasteiger partial charge in [-0.3, -0.25) is 19.2 Å². The quantitative estimate of drug-likeness (QED) is 0.161. The van der Waals surface area contributed by atoms with Crippen LogP contribution in [-0.2, 0) is 24.0 Å². The number of carbonyl (C=O) groups excluding carboxylic acids is 3. The average molecular weight is 422 g/mol. The molecule has 0 aliphatic rings. The zero-order valence-corrected chi connectivity index (χ0v) is 16.3. The Morgan fingerprint density at radius 1 is 1.00 bits per heavy atom. The van der Waals surface area contributed by atoms with Crippen LogP contribution in [0.5, 0.6) is 0 Å². The summed E-state index contributed by atoms with van der Waals surface area (Å²) in [6.07, 6.45) is -0.265. The van der Waals surface area contributed by atoms with Gasteiger partial charge < -0.3 is 37.0 Å². The average Bonchev–Trinajstić information content (AvgIpc) is 2.60. The molecule has 0 saturated heterocycles. The van der Waals surface area contributed by atoms with Gasteiger partial charge in [-0.2, -0.15) is 11.8 Å². The zero-order chi connectivity index (χ0) is 21.9. The second kappa shape index (κ2) is 12.9. The summed E-state index contributed by atoms with van der Waals surface area (Å²) in [5.74, 6) is -4.96. The molecule has 0 aromatic heterocycles. The topological polar surface area (TPSA) is 208 Å². The summed E-state index contributed by atoms with van der Waals surface area (Å²) in [5, 5.41) is 34.0. The number of carboxylic acid groups (broad SMARTS) is 2. The van der Waals surface area contributed by atoms with Crippen LogP contribution in [0, 0.1) is 0 Å². The number of hydrogen-bond donors (Lipinski definition) is 7. The minimum Gasteiger partial charge on any atom is -0.481 e. The van der Waals surface area contributed by atoms with Crippen LogP contribution >= 0.6 is 11.8 Å².